The van der Waals surface area contributed by atoms with Gasteiger partial charge in [0.1, 0.15) is 5.54 Å². The predicted molar refractivity (Wildman–Crippen MR) is 53.9 cm³/mol. The molecule has 2 unspecified atom stereocenters. The zero-order valence-corrected chi connectivity index (χ0v) is 8.80. The monoisotopic (exact) mass is 207 g/mol. The van der Waals surface area contributed by atoms with Crippen molar-refractivity contribution in [3.8, 4) is 0 Å². The summed E-state index contributed by atoms with van der Waals surface area (Å²) in [5.41, 5.74) is 4.36. The smallest absolute Gasteiger partial charge is 0.323 e. The van der Waals surface area contributed by atoms with Gasteiger partial charge in [0.15, 0.2) is 0 Å². The molecule has 13 heavy (non-hydrogen) atoms. The maximum absolute atomic E-state index is 10.6. The molecule has 0 aliphatic carbocycles. The van der Waals surface area contributed by atoms with Crippen LogP contribution in [0.25, 0.3) is 0 Å². The summed E-state index contributed by atoms with van der Waals surface area (Å²) in [4.78, 5) is 10.6. The summed E-state index contributed by atoms with van der Waals surface area (Å²) in [6, 6.07) is 0. The van der Waals surface area contributed by atoms with E-state index in [2.05, 4.69) is 0 Å². The van der Waals surface area contributed by atoms with Crippen molar-refractivity contribution in [3.63, 3.8) is 0 Å². The zero-order chi connectivity index (χ0) is 10.5. The van der Waals surface area contributed by atoms with E-state index in [1.165, 1.54) is 18.7 Å². The van der Waals surface area contributed by atoms with Crippen LogP contribution in [-0.2, 0) is 4.79 Å². The molecular weight excluding hydrogens is 190 g/mol. The zero-order valence-electron chi connectivity index (χ0n) is 7.99. The Morgan fingerprint density at radius 3 is 2.62 bits per heavy atom. The first kappa shape index (κ1) is 12.7. The largest absolute Gasteiger partial charge is 0.480 e. The molecule has 4 N–H and O–H groups in total. The summed E-state index contributed by atoms with van der Waals surface area (Å²) >= 11 is 1.53. The number of hydrogen-bond donors (Lipinski definition) is 3. The van der Waals surface area contributed by atoms with Gasteiger partial charge in [0.05, 0.1) is 6.61 Å². The number of carbonyl (C=O) groups is 1. The van der Waals surface area contributed by atoms with E-state index in [9.17, 15) is 4.79 Å². The lowest BCUT2D eigenvalue weighted by Crippen LogP contribution is -2.45. The van der Waals surface area contributed by atoms with Crippen molar-refractivity contribution >= 4 is 17.7 Å². The van der Waals surface area contributed by atoms with E-state index < -0.39 is 11.5 Å². The molecule has 0 amide bonds. The molecule has 0 aromatic rings. The first-order chi connectivity index (χ1) is 5.90. The van der Waals surface area contributed by atoms with Crippen molar-refractivity contribution < 1.29 is 15.0 Å². The summed E-state index contributed by atoms with van der Waals surface area (Å²) in [6.45, 7) is 3.50. The normalized spacial score (nSPS) is 17.8. The van der Waals surface area contributed by atoms with Crippen LogP contribution in [0.3, 0.4) is 0 Å². The van der Waals surface area contributed by atoms with E-state index in [0.29, 0.717) is 12.2 Å². The van der Waals surface area contributed by atoms with Crippen LogP contribution in [0.2, 0.25) is 0 Å². The van der Waals surface area contributed by atoms with Gasteiger partial charge in [-0.2, -0.15) is 11.8 Å². The number of nitrogens with two attached hydrogens (primary N) is 1. The van der Waals surface area contributed by atoms with Gasteiger partial charge >= 0.3 is 5.97 Å². The molecule has 0 bridgehead atoms. The maximum Gasteiger partial charge on any atom is 0.323 e. The fraction of sp³-hybridized carbons (Fsp3) is 0.875. The van der Waals surface area contributed by atoms with E-state index in [1.807, 2.05) is 6.92 Å². The molecule has 0 saturated carbocycles. The fourth-order valence-corrected chi connectivity index (χ4v) is 1.68. The Labute approximate surface area is 82.5 Å². The number of carboxylic acid groups (broad SMARTS) is 1. The summed E-state index contributed by atoms with van der Waals surface area (Å²) in [5.74, 6) is -0.328. The average molecular weight is 207 g/mol. The maximum atomic E-state index is 10.6. The highest BCUT2D eigenvalue weighted by Gasteiger charge is 2.27. The van der Waals surface area contributed by atoms with Crippen LogP contribution in [0.5, 0.6) is 0 Å². The second-order valence-corrected chi connectivity index (χ2v) is 4.88. The van der Waals surface area contributed by atoms with Gasteiger partial charge in [-0.25, -0.2) is 0 Å². The first-order valence-corrected chi connectivity index (χ1v) is 5.19. The lowest BCUT2D eigenvalue weighted by Gasteiger charge is -2.19. The van der Waals surface area contributed by atoms with Crippen LogP contribution in [-0.4, -0.2) is 39.3 Å². The van der Waals surface area contributed by atoms with Crippen LogP contribution >= 0.6 is 11.8 Å². The lowest BCUT2D eigenvalue weighted by atomic mass is 10.0. The van der Waals surface area contributed by atoms with E-state index in [0.717, 1.165) is 0 Å². The first-order valence-electron chi connectivity index (χ1n) is 4.15. The summed E-state index contributed by atoms with van der Waals surface area (Å²) in [5, 5.41) is 17.5. The van der Waals surface area contributed by atoms with Crippen molar-refractivity contribution in [2.75, 3.05) is 12.4 Å². The van der Waals surface area contributed by atoms with Gasteiger partial charge < -0.3 is 15.9 Å². The molecule has 0 spiro atoms. The van der Waals surface area contributed by atoms with E-state index in [4.69, 9.17) is 15.9 Å². The Morgan fingerprint density at radius 1 is 1.69 bits per heavy atom. The average Bonchev–Trinajstić information content (AvgIpc) is 2.03. The second-order valence-electron chi connectivity index (χ2n) is 3.34. The Balaban J connectivity index is 3.70. The number of thioether (sulfide) groups is 1. The number of hydrogen-bond acceptors (Lipinski definition) is 4. The summed E-state index contributed by atoms with van der Waals surface area (Å²) in [6.07, 6.45) is 0.414. The molecule has 0 heterocycles. The molecular formula is C8H17NO3S. The quantitative estimate of drug-likeness (QED) is 0.583. The van der Waals surface area contributed by atoms with Crippen LogP contribution in [0, 0.1) is 0 Å². The minimum absolute atomic E-state index is 0.110. The SMILES string of the molecule is CC(CO)SCCC(C)(N)C(=O)O. The van der Waals surface area contributed by atoms with Crippen LogP contribution in [0.4, 0.5) is 0 Å². The Hall–Kier alpha value is -0.260. The third-order valence-electron chi connectivity index (χ3n) is 1.77. The Morgan fingerprint density at radius 2 is 2.23 bits per heavy atom. The van der Waals surface area contributed by atoms with Gasteiger partial charge in [0.2, 0.25) is 0 Å². The summed E-state index contributed by atoms with van der Waals surface area (Å²) in [7, 11) is 0. The molecule has 0 aliphatic rings. The molecule has 0 aromatic carbocycles. The standard InChI is InChI=1S/C8H17NO3S/c1-6(5-10)13-4-3-8(2,9)7(11)12/h6,10H,3-5,9H2,1-2H3,(H,11,12). The van der Waals surface area contributed by atoms with Crippen LogP contribution in [0.15, 0.2) is 0 Å². The highest BCUT2D eigenvalue weighted by molar-refractivity contribution is 7.99. The van der Waals surface area contributed by atoms with Crippen LogP contribution < -0.4 is 5.73 Å². The molecule has 78 valence electrons. The lowest BCUT2D eigenvalue weighted by molar-refractivity contribution is -0.142. The van der Waals surface area contributed by atoms with Crippen LogP contribution in [0.1, 0.15) is 20.3 Å². The molecule has 0 aromatic heterocycles. The predicted octanol–water partition coefficient (Wildman–Crippen LogP) is 0.292. The molecule has 4 nitrogen and oxygen atoms in total. The molecule has 5 heteroatoms. The fourth-order valence-electron chi connectivity index (χ4n) is 0.632. The van der Waals surface area contributed by atoms with Gasteiger partial charge in [-0.05, 0) is 19.1 Å². The van der Waals surface area contributed by atoms with Crippen molar-refractivity contribution in [1.82, 2.24) is 0 Å². The second kappa shape index (κ2) is 5.47. The van der Waals surface area contributed by atoms with Crippen molar-refractivity contribution in [2.24, 2.45) is 5.73 Å². The molecule has 2 atom stereocenters. The highest BCUT2D eigenvalue weighted by atomic mass is 32.2. The third-order valence-corrected chi connectivity index (χ3v) is 2.93. The van der Waals surface area contributed by atoms with Gasteiger partial charge in [-0.1, -0.05) is 6.92 Å². The third kappa shape index (κ3) is 5.13. The van der Waals surface area contributed by atoms with Crippen molar-refractivity contribution in [2.45, 2.75) is 31.1 Å². The Bertz CT molecular complexity index is 173. The van der Waals surface area contributed by atoms with E-state index in [1.54, 1.807) is 0 Å². The number of aliphatic hydroxyl groups is 1. The molecule has 0 saturated heterocycles. The number of aliphatic carboxylic acids is 1. The van der Waals surface area contributed by atoms with Crippen molar-refractivity contribution in [3.05, 3.63) is 0 Å². The molecule has 0 fully saturated rings. The topological polar surface area (TPSA) is 83.5 Å². The number of rotatable bonds is 6. The molecule has 0 aliphatic heterocycles. The van der Waals surface area contributed by atoms with Gasteiger partial charge in [-0.3, -0.25) is 4.79 Å². The van der Waals surface area contributed by atoms with E-state index >= 15 is 0 Å². The number of aliphatic hydroxyl groups excluding tert-OH is 1. The minimum atomic E-state index is -1.15. The van der Waals surface area contributed by atoms with E-state index in [-0.39, 0.29) is 11.9 Å². The van der Waals surface area contributed by atoms with Gasteiger partial charge in [0, 0.05) is 5.25 Å². The number of carboxylic acids is 1. The van der Waals surface area contributed by atoms with Gasteiger partial charge in [0.25, 0.3) is 0 Å². The minimum Gasteiger partial charge on any atom is -0.480 e. The van der Waals surface area contributed by atoms with Gasteiger partial charge in [-0.15, -0.1) is 0 Å². The Kier molecular flexibility index (Phi) is 5.36. The van der Waals surface area contributed by atoms with Crippen molar-refractivity contribution in [1.29, 1.82) is 0 Å². The molecule has 0 radical (unpaired) electrons. The summed E-state index contributed by atoms with van der Waals surface area (Å²) < 4.78 is 0. The molecule has 0 rings (SSSR count). The highest BCUT2D eigenvalue weighted by Crippen LogP contribution is 2.15.